The summed E-state index contributed by atoms with van der Waals surface area (Å²) in [7, 11) is 1.42. The van der Waals surface area contributed by atoms with Gasteiger partial charge >= 0.3 is 5.97 Å². The molecule has 0 unspecified atom stereocenters. The molecule has 0 aliphatic rings. The Morgan fingerprint density at radius 3 is 2.53 bits per heavy atom. The van der Waals surface area contributed by atoms with Crippen molar-refractivity contribution in [3.8, 4) is 0 Å². The third-order valence-electron chi connectivity index (χ3n) is 2.20. The van der Waals surface area contributed by atoms with Crippen LogP contribution in [0.2, 0.25) is 0 Å². The summed E-state index contributed by atoms with van der Waals surface area (Å²) in [5.74, 6) is -1.53. The number of rotatable bonds is 7. The Bertz CT molecular complexity index is 324. The van der Waals surface area contributed by atoms with Gasteiger partial charge in [-0.25, -0.2) is 4.79 Å². The predicted molar refractivity (Wildman–Crippen MR) is 64.3 cm³/mol. The zero-order valence-electron chi connectivity index (χ0n) is 9.80. The molecule has 5 N–H and O–H groups in total. The average molecular weight is 242 g/mol. The van der Waals surface area contributed by atoms with Crippen LogP contribution >= 0.6 is 0 Å². The molecule has 0 aromatic carbocycles. The van der Waals surface area contributed by atoms with E-state index < -0.39 is 17.9 Å². The molecule has 0 spiro atoms. The van der Waals surface area contributed by atoms with Crippen LogP contribution in [0.3, 0.4) is 0 Å². The predicted octanol–water partition coefficient (Wildman–Crippen LogP) is -0.862. The number of carboxylic acid groups (broad SMARTS) is 1. The van der Waals surface area contributed by atoms with Crippen molar-refractivity contribution in [3.05, 3.63) is 12.7 Å². The maximum absolute atomic E-state index is 11.3. The summed E-state index contributed by atoms with van der Waals surface area (Å²) in [6, 6.07) is -0.894. The zero-order chi connectivity index (χ0) is 13.4. The molecule has 0 aliphatic carbocycles. The summed E-state index contributed by atoms with van der Waals surface area (Å²) in [4.78, 5) is 27.1. The average Bonchev–Trinajstić information content (AvgIpc) is 2.26. The van der Waals surface area contributed by atoms with E-state index in [1.165, 1.54) is 7.05 Å². The molecule has 0 fully saturated rings. The third kappa shape index (κ3) is 5.55. The van der Waals surface area contributed by atoms with Gasteiger partial charge in [0.2, 0.25) is 5.91 Å². The third-order valence-corrected chi connectivity index (χ3v) is 2.20. The summed E-state index contributed by atoms with van der Waals surface area (Å²) in [5.41, 5.74) is 10.3. The van der Waals surface area contributed by atoms with Crippen LogP contribution in [-0.2, 0) is 9.59 Å². The molecule has 7 nitrogen and oxygen atoms in total. The molecule has 96 valence electrons. The van der Waals surface area contributed by atoms with Crippen LogP contribution in [0.4, 0.5) is 0 Å². The van der Waals surface area contributed by atoms with Gasteiger partial charge in [-0.3, -0.25) is 9.79 Å². The van der Waals surface area contributed by atoms with Gasteiger partial charge < -0.3 is 21.5 Å². The molecule has 0 aliphatic heterocycles. The minimum atomic E-state index is -1.06. The number of carboxylic acids is 1. The van der Waals surface area contributed by atoms with E-state index in [2.05, 4.69) is 11.6 Å². The number of guanidine groups is 1. The number of carbonyl (C=O) groups is 2. The van der Waals surface area contributed by atoms with Crippen molar-refractivity contribution in [1.82, 2.24) is 4.90 Å². The van der Waals surface area contributed by atoms with Gasteiger partial charge in [-0.1, -0.05) is 6.58 Å². The lowest BCUT2D eigenvalue weighted by molar-refractivity contribution is -0.147. The Balaban J connectivity index is 4.35. The van der Waals surface area contributed by atoms with Gasteiger partial charge in [0.15, 0.2) is 5.96 Å². The molecular weight excluding hydrogens is 224 g/mol. The normalized spacial score (nSPS) is 11.4. The van der Waals surface area contributed by atoms with E-state index in [-0.39, 0.29) is 12.4 Å². The first-order chi connectivity index (χ1) is 7.90. The standard InChI is InChI=1S/C10H18N4O3/c1-3-8(15)14(2)7(9(16)17)5-4-6-13-10(11)12/h3,7H,1,4-6H2,2H3,(H,16,17)(H4,11,12,13)/t7-/m0/s1. The van der Waals surface area contributed by atoms with E-state index in [0.29, 0.717) is 13.0 Å². The van der Waals surface area contributed by atoms with Crippen molar-refractivity contribution >= 4 is 17.8 Å². The first-order valence-corrected chi connectivity index (χ1v) is 5.07. The number of aliphatic imine (C=N–C) groups is 1. The van der Waals surface area contributed by atoms with Gasteiger partial charge in [-0.05, 0) is 18.9 Å². The van der Waals surface area contributed by atoms with Crippen LogP contribution in [0.5, 0.6) is 0 Å². The number of hydrogen-bond acceptors (Lipinski definition) is 3. The SMILES string of the molecule is C=CC(=O)N(C)[C@@H](CCCN=C(N)N)C(=O)O. The fourth-order valence-electron chi connectivity index (χ4n) is 1.27. The fraction of sp³-hybridized carbons (Fsp3) is 0.500. The van der Waals surface area contributed by atoms with Crippen molar-refractivity contribution in [3.63, 3.8) is 0 Å². The number of hydrogen-bond donors (Lipinski definition) is 3. The summed E-state index contributed by atoms with van der Waals surface area (Å²) in [6.07, 6.45) is 1.83. The molecule has 0 rings (SSSR count). The lowest BCUT2D eigenvalue weighted by Gasteiger charge is -2.23. The van der Waals surface area contributed by atoms with Gasteiger partial charge in [0.05, 0.1) is 0 Å². The largest absolute Gasteiger partial charge is 0.480 e. The molecule has 0 saturated heterocycles. The molecule has 17 heavy (non-hydrogen) atoms. The van der Waals surface area contributed by atoms with E-state index in [4.69, 9.17) is 16.6 Å². The second-order valence-corrected chi connectivity index (χ2v) is 3.46. The monoisotopic (exact) mass is 242 g/mol. The van der Waals surface area contributed by atoms with Crippen molar-refractivity contribution < 1.29 is 14.7 Å². The molecule has 1 amide bonds. The molecule has 0 heterocycles. The summed E-state index contributed by atoms with van der Waals surface area (Å²) >= 11 is 0. The number of aliphatic carboxylic acids is 1. The Labute approximate surface area is 99.8 Å². The lowest BCUT2D eigenvalue weighted by Crippen LogP contribution is -2.41. The highest BCUT2D eigenvalue weighted by Gasteiger charge is 2.24. The van der Waals surface area contributed by atoms with Crippen LogP contribution in [0.25, 0.3) is 0 Å². The molecule has 1 atom stereocenters. The number of nitrogens with two attached hydrogens (primary N) is 2. The number of nitrogens with zero attached hydrogens (tertiary/aromatic N) is 2. The number of carbonyl (C=O) groups excluding carboxylic acids is 1. The van der Waals surface area contributed by atoms with Crippen LogP contribution in [0.15, 0.2) is 17.6 Å². The lowest BCUT2D eigenvalue weighted by atomic mass is 10.1. The molecule has 0 saturated carbocycles. The van der Waals surface area contributed by atoms with Gasteiger partial charge in [0.1, 0.15) is 6.04 Å². The van der Waals surface area contributed by atoms with Gasteiger partial charge in [0, 0.05) is 13.6 Å². The summed E-state index contributed by atoms with van der Waals surface area (Å²) in [6.45, 7) is 3.64. The molecular formula is C10H18N4O3. The van der Waals surface area contributed by atoms with Gasteiger partial charge in [-0.2, -0.15) is 0 Å². The zero-order valence-corrected chi connectivity index (χ0v) is 9.80. The van der Waals surface area contributed by atoms with E-state index in [0.717, 1.165) is 11.0 Å². The Hall–Kier alpha value is -2.05. The maximum Gasteiger partial charge on any atom is 0.326 e. The Morgan fingerprint density at radius 2 is 2.12 bits per heavy atom. The molecule has 0 aromatic heterocycles. The highest BCUT2D eigenvalue weighted by Crippen LogP contribution is 2.06. The minimum Gasteiger partial charge on any atom is -0.480 e. The molecule has 0 aromatic rings. The number of likely N-dealkylation sites (N-methyl/N-ethyl adjacent to an activating group) is 1. The van der Waals surface area contributed by atoms with Crippen molar-refractivity contribution in [1.29, 1.82) is 0 Å². The van der Waals surface area contributed by atoms with Crippen molar-refractivity contribution in [2.24, 2.45) is 16.5 Å². The second-order valence-electron chi connectivity index (χ2n) is 3.46. The quantitative estimate of drug-likeness (QED) is 0.232. The number of amides is 1. The van der Waals surface area contributed by atoms with E-state index in [1.54, 1.807) is 0 Å². The summed E-state index contributed by atoms with van der Waals surface area (Å²) in [5, 5.41) is 8.98. The van der Waals surface area contributed by atoms with E-state index in [9.17, 15) is 9.59 Å². The highest BCUT2D eigenvalue weighted by atomic mass is 16.4. The molecule has 0 radical (unpaired) electrons. The van der Waals surface area contributed by atoms with Crippen molar-refractivity contribution in [2.45, 2.75) is 18.9 Å². The fourth-order valence-corrected chi connectivity index (χ4v) is 1.27. The Morgan fingerprint density at radius 1 is 1.53 bits per heavy atom. The van der Waals surface area contributed by atoms with Crippen LogP contribution in [0.1, 0.15) is 12.8 Å². The highest BCUT2D eigenvalue weighted by molar-refractivity contribution is 5.90. The van der Waals surface area contributed by atoms with Crippen LogP contribution in [-0.4, -0.2) is 47.5 Å². The van der Waals surface area contributed by atoms with Crippen molar-refractivity contribution in [2.75, 3.05) is 13.6 Å². The minimum absolute atomic E-state index is 0.0348. The first-order valence-electron chi connectivity index (χ1n) is 5.07. The topological polar surface area (TPSA) is 122 Å². The van der Waals surface area contributed by atoms with Gasteiger partial charge in [0.25, 0.3) is 0 Å². The Kier molecular flexibility index (Phi) is 6.39. The van der Waals surface area contributed by atoms with Gasteiger partial charge in [-0.15, -0.1) is 0 Å². The van der Waals surface area contributed by atoms with Crippen LogP contribution in [0, 0.1) is 0 Å². The van der Waals surface area contributed by atoms with Crippen LogP contribution < -0.4 is 11.5 Å². The second kappa shape index (κ2) is 7.26. The summed E-state index contributed by atoms with van der Waals surface area (Å²) < 4.78 is 0. The molecule has 0 bridgehead atoms. The van der Waals surface area contributed by atoms with E-state index >= 15 is 0 Å². The first kappa shape index (κ1) is 14.9. The smallest absolute Gasteiger partial charge is 0.326 e. The molecule has 7 heteroatoms. The van der Waals surface area contributed by atoms with E-state index in [1.807, 2.05) is 0 Å². The maximum atomic E-state index is 11.3.